The number of benzene rings is 1. The van der Waals surface area contributed by atoms with Crippen molar-refractivity contribution in [1.29, 1.82) is 0 Å². The molecular weight excluding hydrogens is 322 g/mol. The Balaban J connectivity index is 1.73. The fraction of sp³-hybridized carbons (Fsp3) is 0.389. The number of aromatic amines is 1. The van der Waals surface area contributed by atoms with Crippen LogP contribution in [0.5, 0.6) is 0 Å². The highest BCUT2D eigenvalue weighted by molar-refractivity contribution is 7.71. The number of amides is 1. The van der Waals surface area contributed by atoms with E-state index >= 15 is 0 Å². The quantitative estimate of drug-likeness (QED) is 0.662. The third kappa shape index (κ3) is 3.48. The molecule has 0 spiro atoms. The molecule has 2 N–H and O–H groups in total. The van der Waals surface area contributed by atoms with E-state index in [4.69, 9.17) is 12.2 Å². The molecule has 0 radical (unpaired) electrons. The van der Waals surface area contributed by atoms with Crippen LogP contribution in [0.15, 0.2) is 34.6 Å². The molecule has 0 unspecified atom stereocenters. The van der Waals surface area contributed by atoms with Gasteiger partial charge in [-0.3, -0.25) is 14.2 Å². The van der Waals surface area contributed by atoms with E-state index < -0.39 is 0 Å². The summed E-state index contributed by atoms with van der Waals surface area (Å²) in [7, 11) is 1.63. The number of allylic oxidation sites excluding steroid dienone is 1. The maximum absolute atomic E-state index is 12.3. The average Bonchev–Trinajstić information content (AvgIpc) is 2.60. The van der Waals surface area contributed by atoms with Gasteiger partial charge in [0.25, 0.3) is 11.5 Å². The number of nitrogens with one attached hydrogen (secondary N) is 2. The van der Waals surface area contributed by atoms with Gasteiger partial charge in [0.2, 0.25) is 0 Å². The maximum atomic E-state index is 12.3. The van der Waals surface area contributed by atoms with E-state index in [1.165, 1.54) is 23.0 Å². The summed E-state index contributed by atoms with van der Waals surface area (Å²) in [4.78, 5) is 27.5. The van der Waals surface area contributed by atoms with Gasteiger partial charge >= 0.3 is 0 Å². The number of H-pyrrole nitrogens is 1. The Labute approximate surface area is 145 Å². The zero-order valence-corrected chi connectivity index (χ0v) is 14.5. The molecule has 126 valence electrons. The minimum Gasteiger partial charge on any atom is -0.352 e. The summed E-state index contributed by atoms with van der Waals surface area (Å²) >= 11 is 5.12. The normalized spacial score (nSPS) is 14.5. The predicted octanol–water partition coefficient (Wildman–Crippen LogP) is 3.22. The lowest BCUT2D eigenvalue weighted by atomic mass is 9.97. The summed E-state index contributed by atoms with van der Waals surface area (Å²) < 4.78 is 1.73. The van der Waals surface area contributed by atoms with Crippen LogP contribution in [-0.4, -0.2) is 22.0 Å². The molecule has 2 aromatic rings. The summed E-state index contributed by atoms with van der Waals surface area (Å²) in [6.07, 6.45) is 8.02. The van der Waals surface area contributed by atoms with Crippen LogP contribution in [0.4, 0.5) is 0 Å². The number of carbonyl (C=O) groups is 1. The molecule has 5 nitrogen and oxygen atoms in total. The first kappa shape index (κ1) is 16.6. The zero-order chi connectivity index (χ0) is 17.1. The van der Waals surface area contributed by atoms with Crippen LogP contribution in [0.1, 0.15) is 42.5 Å². The van der Waals surface area contributed by atoms with Crippen molar-refractivity contribution in [1.82, 2.24) is 14.9 Å². The van der Waals surface area contributed by atoms with Crippen molar-refractivity contribution in [2.75, 3.05) is 6.54 Å². The van der Waals surface area contributed by atoms with Gasteiger partial charge in [0, 0.05) is 19.2 Å². The van der Waals surface area contributed by atoms with Crippen LogP contribution in [0, 0.1) is 4.77 Å². The molecule has 1 aliphatic rings. The summed E-state index contributed by atoms with van der Waals surface area (Å²) in [5.41, 5.74) is 2.39. The van der Waals surface area contributed by atoms with Gasteiger partial charge in [0.1, 0.15) is 0 Å². The Hall–Kier alpha value is -2.21. The minimum atomic E-state index is -0.162. The van der Waals surface area contributed by atoms with Crippen molar-refractivity contribution in [3.63, 3.8) is 0 Å². The van der Waals surface area contributed by atoms with E-state index in [2.05, 4.69) is 16.4 Å². The van der Waals surface area contributed by atoms with Crippen molar-refractivity contribution in [3.05, 3.63) is 50.5 Å². The Morgan fingerprint density at radius 2 is 2.21 bits per heavy atom. The van der Waals surface area contributed by atoms with E-state index in [1.807, 2.05) is 0 Å². The highest BCUT2D eigenvalue weighted by Crippen LogP contribution is 2.19. The molecule has 0 bridgehead atoms. The molecule has 0 saturated heterocycles. The maximum Gasteiger partial charge on any atom is 0.261 e. The highest BCUT2D eigenvalue weighted by atomic mass is 32.1. The lowest BCUT2D eigenvalue weighted by Gasteiger charge is -2.13. The number of hydrogen-bond donors (Lipinski definition) is 2. The van der Waals surface area contributed by atoms with E-state index in [-0.39, 0.29) is 11.5 Å². The first-order valence-electron chi connectivity index (χ1n) is 8.25. The molecule has 0 fully saturated rings. The number of aromatic nitrogens is 2. The molecule has 1 heterocycles. The van der Waals surface area contributed by atoms with Crippen molar-refractivity contribution in [3.8, 4) is 0 Å². The Bertz CT molecular complexity index is 924. The number of carbonyl (C=O) groups excluding carboxylic acids is 1. The van der Waals surface area contributed by atoms with Crippen molar-refractivity contribution in [2.45, 2.75) is 32.1 Å². The fourth-order valence-corrected chi connectivity index (χ4v) is 3.21. The smallest absolute Gasteiger partial charge is 0.261 e. The predicted molar refractivity (Wildman–Crippen MR) is 97.9 cm³/mol. The largest absolute Gasteiger partial charge is 0.352 e. The average molecular weight is 343 g/mol. The van der Waals surface area contributed by atoms with Gasteiger partial charge in [0.05, 0.1) is 10.9 Å². The van der Waals surface area contributed by atoms with Gasteiger partial charge in [-0.25, -0.2) is 0 Å². The Kier molecular flexibility index (Phi) is 4.94. The molecule has 6 heteroatoms. The number of fused-ring (bicyclic) bond motifs is 1. The first-order valence-corrected chi connectivity index (χ1v) is 8.66. The van der Waals surface area contributed by atoms with Gasteiger partial charge in [0.15, 0.2) is 4.77 Å². The van der Waals surface area contributed by atoms with Gasteiger partial charge < -0.3 is 10.3 Å². The molecule has 1 aliphatic carbocycles. The second-order valence-corrected chi connectivity index (χ2v) is 6.56. The topological polar surface area (TPSA) is 66.9 Å². The standard InChI is InChI=1S/C18H21N3O2S/c1-21-17(23)14-8-7-13(11-15(14)20-18(21)24)16(22)19-10-9-12-5-3-2-4-6-12/h5,7-8,11H,2-4,6,9-10H2,1H3,(H,19,22)(H,20,24). The number of hydrogen-bond acceptors (Lipinski definition) is 3. The van der Waals surface area contributed by atoms with Crippen LogP contribution in [0.3, 0.4) is 0 Å². The van der Waals surface area contributed by atoms with Crippen molar-refractivity contribution >= 4 is 29.0 Å². The molecule has 0 saturated carbocycles. The number of rotatable bonds is 4. The van der Waals surface area contributed by atoms with E-state index in [9.17, 15) is 9.59 Å². The van der Waals surface area contributed by atoms with Crippen LogP contribution < -0.4 is 10.9 Å². The van der Waals surface area contributed by atoms with E-state index in [1.54, 1.807) is 25.2 Å². The van der Waals surface area contributed by atoms with Crippen LogP contribution in [-0.2, 0) is 7.05 Å². The Morgan fingerprint density at radius 1 is 1.38 bits per heavy atom. The minimum absolute atomic E-state index is 0.131. The first-order chi connectivity index (χ1) is 11.6. The van der Waals surface area contributed by atoms with Gasteiger partial charge in [-0.2, -0.15) is 0 Å². The summed E-state index contributed by atoms with van der Waals surface area (Å²) in [6.45, 7) is 0.634. The summed E-state index contributed by atoms with van der Waals surface area (Å²) in [5.74, 6) is -0.131. The van der Waals surface area contributed by atoms with Crippen molar-refractivity contribution < 1.29 is 4.79 Å². The third-order valence-electron chi connectivity index (χ3n) is 4.48. The molecule has 1 aromatic carbocycles. The molecule has 1 aromatic heterocycles. The summed E-state index contributed by atoms with van der Waals surface area (Å²) in [6, 6.07) is 5.03. The summed E-state index contributed by atoms with van der Waals surface area (Å²) in [5, 5.41) is 3.47. The molecule has 24 heavy (non-hydrogen) atoms. The number of nitrogens with zero attached hydrogens (tertiary/aromatic N) is 1. The van der Waals surface area contributed by atoms with Crippen molar-refractivity contribution in [2.24, 2.45) is 7.05 Å². The van der Waals surface area contributed by atoms with Crippen LogP contribution >= 0.6 is 12.2 Å². The van der Waals surface area contributed by atoms with Gasteiger partial charge in [-0.1, -0.05) is 11.6 Å². The lowest BCUT2D eigenvalue weighted by molar-refractivity contribution is 0.0954. The highest BCUT2D eigenvalue weighted by Gasteiger charge is 2.10. The fourth-order valence-electron chi connectivity index (χ4n) is 3.02. The monoisotopic (exact) mass is 343 g/mol. The second-order valence-electron chi connectivity index (χ2n) is 6.17. The van der Waals surface area contributed by atoms with E-state index in [0.29, 0.717) is 27.8 Å². The SMILES string of the molecule is Cn1c(=S)[nH]c2cc(C(=O)NCCC3=CCCCC3)ccc2c1=O. The van der Waals surface area contributed by atoms with E-state index in [0.717, 1.165) is 19.3 Å². The van der Waals surface area contributed by atoms with Crippen LogP contribution in [0.25, 0.3) is 10.9 Å². The Morgan fingerprint density at radius 3 is 2.96 bits per heavy atom. The van der Waals surface area contributed by atoms with Gasteiger partial charge in [-0.05, 0) is 62.5 Å². The molecule has 0 aliphatic heterocycles. The second kappa shape index (κ2) is 7.13. The zero-order valence-electron chi connectivity index (χ0n) is 13.7. The molecule has 1 amide bonds. The molecule has 0 atom stereocenters. The third-order valence-corrected chi connectivity index (χ3v) is 4.86. The lowest BCUT2D eigenvalue weighted by Crippen LogP contribution is -2.25. The molecular formula is C18H21N3O2S. The molecule has 3 rings (SSSR count). The van der Waals surface area contributed by atoms with Gasteiger partial charge in [-0.15, -0.1) is 0 Å². The van der Waals surface area contributed by atoms with Crippen LogP contribution in [0.2, 0.25) is 0 Å².